The van der Waals surface area contributed by atoms with Gasteiger partial charge < -0.3 is 15.1 Å². The molecule has 0 atom stereocenters. The van der Waals surface area contributed by atoms with Gasteiger partial charge in [-0.15, -0.1) is 0 Å². The van der Waals surface area contributed by atoms with Gasteiger partial charge in [0.1, 0.15) is 5.69 Å². The van der Waals surface area contributed by atoms with Crippen molar-refractivity contribution in [3.05, 3.63) is 76.4 Å². The van der Waals surface area contributed by atoms with Crippen molar-refractivity contribution in [1.29, 1.82) is 0 Å². The fraction of sp³-hybridized carbons (Fsp3) is 0.379. The maximum Gasteiger partial charge on any atom is 0.433 e. The second kappa shape index (κ2) is 10.7. The highest BCUT2D eigenvalue weighted by molar-refractivity contribution is 6.05. The van der Waals surface area contributed by atoms with Crippen LogP contribution in [0.15, 0.2) is 42.6 Å². The number of amides is 1. The summed E-state index contributed by atoms with van der Waals surface area (Å²) in [7, 11) is 2.02. The summed E-state index contributed by atoms with van der Waals surface area (Å²) >= 11 is 0. The van der Waals surface area contributed by atoms with Crippen molar-refractivity contribution in [2.75, 3.05) is 50.0 Å². The average molecular weight is 565 g/mol. The molecule has 1 fully saturated rings. The van der Waals surface area contributed by atoms with Crippen molar-refractivity contribution in [2.24, 2.45) is 0 Å². The molecule has 0 unspecified atom stereocenters. The molecule has 2 N–H and O–H groups in total. The van der Waals surface area contributed by atoms with Crippen molar-refractivity contribution < 1.29 is 18.0 Å². The van der Waals surface area contributed by atoms with Crippen LogP contribution in [0.5, 0.6) is 0 Å². The van der Waals surface area contributed by atoms with Gasteiger partial charge in [0, 0.05) is 74.3 Å². The third-order valence-corrected chi connectivity index (χ3v) is 7.78. The summed E-state index contributed by atoms with van der Waals surface area (Å²) in [6, 6.07) is 9.94. The topological polar surface area (TPSA) is 93.3 Å². The molecule has 0 saturated carbocycles. The first-order chi connectivity index (χ1) is 19.6. The fourth-order valence-electron chi connectivity index (χ4n) is 5.45. The molecule has 6 rings (SSSR count). The number of pyridine rings is 2. The molecule has 12 heteroatoms. The van der Waals surface area contributed by atoms with Gasteiger partial charge >= 0.3 is 6.18 Å². The van der Waals surface area contributed by atoms with Crippen LogP contribution in [0.3, 0.4) is 0 Å². The molecule has 1 amide bonds. The number of aromatic amines is 1. The number of likely N-dealkylation sites (N-methyl/N-ethyl adjacent to an activating group) is 1. The number of rotatable bonds is 6. The quantitative estimate of drug-likeness (QED) is 0.362. The van der Waals surface area contributed by atoms with Gasteiger partial charge in [-0.2, -0.15) is 18.3 Å². The van der Waals surface area contributed by atoms with Crippen LogP contribution in [0.1, 0.15) is 38.6 Å². The second-order valence-corrected chi connectivity index (χ2v) is 10.8. The summed E-state index contributed by atoms with van der Waals surface area (Å²) < 4.78 is 41.1. The highest BCUT2D eigenvalue weighted by Gasteiger charge is 2.34. The molecule has 0 aliphatic carbocycles. The normalized spacial score (nSPS) is 16.4. The van der Waals surface area contributed by atoms with E-state index in [0.29, 0.717) is 12.1 Å². The molecule has 214 valence electrons. The number of aryl methyl sites for hydroxylation is 1. The zero-order valence-electron chi connectivity index (χ0n) is 22.9. The maximum absolute atomic E-state index is 13.7. The number of alkyl halides is 3. The predicted molar refractivity (Wildman–Crippen MR) is 150 cm³/mol. The van der Waals surface area contributed by atoms with E-state index >= 15 is 0 Å². The lowest BCUT2D eigenvalue weighted by molar-refractivity contribution is -0.141. The number of nitrogens with one attached hydrogen (secondary N) is 2. The highest BCUT2D eigenvalue weighted by atomic mass is 19.4. The van der Waals surface area contributed by atoms with Gasteiger partial charge in [-0.25, -0.2) is 9.97 Å². The molecule has 3 aromatic heterocycles. The van der Waals surface area contributed by atoms with E-state index in [9.17, 15) is 18.0 Å². The largest absolute Gasteiger partial charge is 0.433 e. The average Bonchev–Trinajstić information content (AvgIpc) is 3.52. The molecule has 41 heavy (non-hydrogen) atoms. The Bertz CT molecular complexity index is 1590. The Kier molecular flexibility index (Phi) is 7.12. The van der Waals surface area contributed by atoms with Crippen molar-refractivity contribution in [2.45, 2.75) is 32.6 Å². The number of H-pyrrole nitrogens is 1. The van der Waals surface area contributed by atoms with Gasteiger partial charge in [0.05, 0.1) is 11.4 Å². The number of nitrogens with zero attached hydrogens (tertiary/aromatic N) is 6. The van der Waals surface area contributed by atoms with Crippen LogP contribution in [0.25, 0.3) is 11.0 Å². The van der Waals surface area contributed by atoms with Gasteiger partial charge in [-0.05, 0) is 61.9 Å². The van der Waals surface area contributed by atoms with E-state index in [1.807, 2.05) is 32.3 Å². The Morgan fingerprint density at radius 1 is 1.05 bits per heavy atom. The van der Waals surface area contributed by atoms with Crippen molar-refractivity contribution in [1.82, 2.24) is 30.0 Å². The molecule has 5 heterocycles. The van der Waals surface area contributed by atoms with E-state index in [4.69, 9.17) is 0 Å². The highest BCUT2D eigenvalue weighted by Crippen LogP contribution is 2.33. The molecule has 0 bridgehead atoms. The minimum absolute atomic E-state index is 0.0775. The summed E-state index contributed by atoms with van der Waals surface area (Å²) in [5.74, 6) is -0.471. The lowest BCUT2D eigenvalue weighted by Gasteiger charge is -2.32. The molecular weight excluding hydrogens is 533 g/mol. The van der Waals surface area contributed by atoms with Crippen LogP contribution in [0, 0.1) is 6.92 Å². The van der Waals surface area contributed by atoms with Crippen molar-refractivity contribution in [3.8, 4) is 0 Å². The zero-order valence-corrected chi connectivity index (χ0v) is 22.9. The number of anilines is 2. The first kappa shape index (κ1) is 27.2. The molecule has 1 aromatic carbocycles. The number of fused-ring (bicyclic) bond motifs is 2. The lowest BCUT2D eigenvalue weighted by Crippen LogP contribution is -2.44. The molecule has 0 radical (unpaired) electrons. The summed E-state index contributed by atoms with van der Waals surface area (Å²) in [5.41, 5.74) is 4.41. The van der Waals surface area contributed by atoms with Crippen LogP contribution in [-0.4, -0.2) is 75.6 Å². The van der Waals surface area contributed by atoms with Crippen LogP contribution in [-0.2, 0) is 25.7 Å². The van der Waals surface area contributed by atoms with Crippen LogP contribution < -0.4 is 10.2 Å². The lowest BCUT2D eigenvalue weighted by atomic mass is 10.1. The van der Waals surface area contributed by atoms with Gasteiger partial charge in [-0.3, -0.25) is 14.8 Å². The number of benzene rings is 1. The number of piperazine rings is 1. The summed E-state index contributed by atoms with van der Waals surface area (Å²) in [6.07, 6.45) is -1.97. The molecular formula is C29H31F3N8O. The van der Waals surface area contributed by atoms with E-state index in [1.54, 1.807) is 6.07 Å². The van der Waals surface area contributed by atoms with Gasteiger partial charge in [0.25, 0.3) is 5.91 Å². The fourth-order valence-corrected chi connectivity index (χ4v) is 5.45. The van der Waals surface area contributed by atoms with E-state index in [1.165, 1.54) is 6.07 Å². The predicted octanol–water partition coefficient (Wildman–Crippen LogP) is 4.24. The summed E-state index contributed by atoms with van der Waals surface area (Å²) in [4.78, 5) is 28.0. The van der Waals surface area contributed by atoms with Crippen LogP contribution >= 0.6 is 0 Å². The monoisotopic (exact) mass is 564 g/mol. The number of carbonyl (C=O) groups is 1. The van der Waals surface area contributed by atoms with E-state index < -0.39 is 17.8 Å². The van der Waals surface area contributed by atoms with Gasteiger partial charge in [0.2, 0.25) is 0 Å². The minimum atomic E-state index is -4.63. The number of halogens is 3. The summed E-state index contributed by atoms with van der Waals surface area (Å²) in [6.45, 7) is 6.78. The standard InChI is InChI=1S/C29H31F3N8O/c1-18-24-11-19(15-33-27(24)37-36-18)16-40-6-5-20-3-4-21(12-25(20)40)28(41)35-22-13-23(34-26(14-22)29(30,31)32)17-39-9-7-38(2)8-10-39/h3-4,11-15H,5-10,16-17H2,1-2H3,(H,33,36,37)(H,34,35,41). The van der Waals surface area contributed by atoms with E-state index in [2.05, 4.69) is 46.2 Å². The molecule has 2 aliphatic rings. The smallest absolute Gasteiger partial charge is 0.367 e. The first-order valence-corrected chi connectivity index (χ1v) is 13.6. The number of hydrogen-bond donors (Lipinski definition) is 2. The third-order valence-electron chi connectivity index (χ3n) is 7.78. The maximum atomic E-state index is 13.7. The Balaban J connectivity index is 1.20. The molecule has 1 saturated heterocycles. The van der Waals surface area contributed by atoms with Crippen molar-refractivity contribution >= 4 is 28.3 Å². The molecule has 4 aromatic rings. The molecule has 2 aliphatic heterocycles. The van der Waals surface area contributed by atoms with Crippen LogP contribution in [0.4, 0.5) is 24.5 Å². The second-order valence-electron chi connectivity index (χ2n) is 10.8. The van der Waals surface area contributed by atoms with Gasteiger partial charge in [-0.1, -0.05) is 6.07 Å². The molecule has 9 nitrogen and oxygen atoms in total. The zero-order chi connectivity index (χ0) is 28.7. The molecule has 0 spiro atoms. The number of aromatic nitrogens is 4. The Morgan fingerprint density at radius 2 is 1.85 bits per heavy atom. The van der Waals surface area contributed by atoms with Gasteiger partial charge in [0.15, 0.2) is 5.65 Å². The van der Waals surface area contributed by atoms with E-state index in [0.717, 1.165) is 78.8 Å². The third kappa shape index (κ3) is 5.89. The Hall–Kier alpha value is -4.03. The van der Waals surface area contributed by atoms with Crippen molar-refractivity contribution in [3.63, 3.8) is 0 Å². The Labute approximate surface area is 235 Å². The SMILES string of the molecule is Cc1n[nH]c2ncc(CN3CCc4ccc(C(=O)Nc5cc(CN6CCN(C)CC6)nc(C(F)(F)F)c5)cc43)cc12. The number of hydrogen-bond acceptors (Lipinski definition) is 7. The Morgan fingerprint density at radius 3 is 2.63 bits per heavy atom. The minimum Gasteiger partial charge on any atom is -0.367 e. The first-order valence-electron chi connectivity index (χ1n) is 13.6. The van der Waals surface area contributed by atoms with Crippen LogP contribution in [0.2, 0.25) is 0 Å². The number of carbonyl (C=O) groups excluding carboxylic acids is 1. The van der Waals surface area contributed by atoms with E-state index in [-0.39, 0.29) is 17.9 Å². The summed E-state index contributed by atoms with van der Waals surface area (Å²) in [5, 5.41) is 10.8.